The Morgan fingerprint density at radius 2 is 1.80 bits per heavy atom. The Bertz CT molecular complexity index is 275. The maximum absolute atomic E-state index is 11.8. The van der Waals surface area contributed by atoms with Gasteiger partial charge in [0.05, 0.1) is 6.29 Å². The van der Waals surface area contributed by atoms with Crippen molar-refractivity contribution in [2.24, 2.45) is 0 Å². The molecule has 2 N–H and O–H groups in total. The second-order valence-corrected chi connectivity index (χ2v) is 3.55. The molecular formula is C5H7F3NO5P. The van der Waals surface area contributed by atoms with Gasteiger partial charge in [-0.2, -0.15) is 13.2 Å². The van der Waals surface area contributed by atoms with E-state index in [2.05, 4.69) is 0 Å². The minimum Gasteiger partial charge on any atom is -0.480 e. The molecule has 1 atom stereocenters. The second kappa shape index (κ2) is 5.13. The summed E-state index contributed by atoms with van der Waals surface area (Å²) in [5.74, 6) is -4.15. The minimum atomic E-state index is -5.26. The van der Waals surface area contributed by atoms with Crippen molar-refractivity contribution in [3.8, 4) is 0 Å². The van der Waals surface area contributed by atoms with Gasteiger partial charge in [0.25, 0.3) is 0 Å². The van der Waals surface area contributed by atoms with Gasteiger partial charge in [0.15, 0.2) is 0 Å². The lowest BCUT2D eigenvalue weighted by Gasteiger charge is -2.19. The summed E-state index contributed by atoms with van der Waals surface area (Å²) in [4.78, 5) is 28.7. The van der Waals surface area contributed by atoms with Crippen LogP contribution in [0.2, 0.25) is 0 Å². The van der Waals surface area contributed by atoms with Crippen LogP contribution in [0, 0.1) is 0 Å². The van der Waals surface area contributed by atoms with Crippen LogP contribution in [-0.4, -0.2) is 45.8 Å². The SMILES string of the molecule is O=C(O)CN(C[PH](=O)O)C(=O)C(F)(F)F. The quantitative estimate of drug-likeness (QED) is 0.677. The lowest BCUT2D eigenvalue weighted by Crippen LogP contribution is -2.43. The Morgan fingerprint density at radius 1 is 1.33 bits per heavy atom. The summed E-state index contributed by atoms with van der Waals surface area (Å²) >= 11 is 0. The Morgan fingerprint density at radius 3 is 2.07 bits per heavy atom. The van der Waals surface area contributed by atoms with E-state index >= 15 is 0 Å². The van der Waals surface area contributed by atoms with Gasteiger partial charge in [-0.25, -0.2) is 0 Å². The van der Waals surface area contributed by atoms with E-state index in [1.807, 2.05) is 0 Å². The maximum atomic E-state index is 11.8. The number of alkyl halides is 3. The molecule has 0 rings (SSSR count). The zero-order valence-corrected chi connectivity index (χ0v) is 8.11. The molecule has 0 aromatic carbocycles. The third-order valence-electron chi connectivity index (χ3n) is 1.18. The van der Waals surface area contributed by atoms with Crippen molar-refractivity contribution in [3.63, 3.8) is 0 Å². The summed E-state index contributed by atoms with van der Waals surface area (Å²) in [6, 6.07) is 0. The van der Waals surface area contributed by atoms with Crippen LogP contribution in [0.3, 0.4) is 0 Å². The number of halogens is 3. The first-order chi connectivity index (χ1) is 6.64. The fraction of sp³-hybridized carbons (Fsp3) is 0.600. The van der Waals surface area contributed by atoms with Gasteiger partial charge in [-0.3, -0.25) is 14.2 Å². The van der Waals surface area contributed by atoms with E-state index in [1.165, 1.54) is 0 Å². The molecular weight excluding hydrogens is 242 g/mol. The Hall–Kier alpha value is -1.08. The summed E-state index contributed by atoms with van der Waals surface area (Å²) in [7, 11) is -3.39. The first-order valence-corrected chi connectivity index (χ1v) is 5.00. The number of carbonyl (C=O) groups is 2. The van der Waals surface area contributed by atoms with Gasteiger partial charge in [-0.15, -0.1) is 0 Å². The Kier molecular flexibility index (Phi) is 4.76. The van der Waals surface area contributed by atoms with Crippen molar-refractivity contribution in [2.45, 2.75) is 6.18 Å². The third kappa shape index (κ3) is 5.38. The summed E-state index contributed by atoms with van der Waals surface area (Å²) in [5.41, 5.74) is 0. The van der Waals surface area contributed by atoms with E-state index in [0.717, 1.165) is 0 Å². The van der Waals surface area contributed by atoms with Crippen LogP contribution >= 0.6 is 8.03 Å². The number of hydrogen-bond donors (Lipinski definition) is 2. The first-order valence-electron chi connectivity index (χ1n) is 3.44. The van der Waals surface area contributed by atoms with Crippen LogP contribution in [0.25, 0.3) is 0 Å². The molecule has 0 spiro atoms. The predicted molar refractivity (Wildman–Crippen MR) is 41.5 cm³/mol. The van der Waals surface area contributed by atoms with Gasteiger partial charge in [-0.1, -0.05) is 0 Å². The van der Waals surface area contributed by atoms with Crippen molar-refractivity contribution in [2.75, 3.05) is 12.8 Å². The molecule has 0 radical (unpaired) electrons. The lowest BCUT2D eigenvalue weighted by atomic mass is 10.5. The van der Waals surface area contributed by atoms with E-state index < -0.39 is 38.9 Å². The van der Waals surface area contributed by atoms with Crippen LogP contribution in [0.5, 0.6) is 0 Å². The highest BCUT2D eigenvalue weighted by molar-refractivity contribution is 7.37. The molecule has 10 heteroatoms. The highest BCUT2D eigenvalue weighted by Gasteiger charge is 2.43. The van der Waals surface area contributed by atoms with Gasteiger partial charge >= 0.3 is 18.1 Å². The van der Waals surface area contributed by atoms with Crippen LogP contribution in [-0.2, 0) is 14.2 Å². The molecule has 0 aromatic heterocycles. The highest BCUT2D eigenvalue weighted by atomic mass is 31.1. The van der Waals surface area contributed by atoms with E-state index in [1.54, 1.807) is 0 Å². The number of nitrogens with zero attached hydrogens (tertiary/aromatic N) is 1. The fourth-order valence-corrected chi connectivity index (χ4v) is 1.29. The molecule has 1 unspecified atom stereocenters. The van der Waals surface area contributed by atoms with Crippen LogP contribution in [0.15, 0.2) is 0 Å². The largest absolute Gasteiger partial charge is 0.480 e. The fourth-order valence-electron chi connectivity index (χ4n) is 0.705. The maximum Gasteiger partial charge on any atom is 0.471 e. The van der Waals surface area contributed by atoms with Crippen LogP contribution < -0.4 is 0 Å². The molecule has 15 heavy (non-hydrogen) atoms. The van der Waals surface area contributed by atoms with Gasteiger partial charge in [0.1, 0.15) is 6.54 Å². The summed E-state index contributed by atoms with van der Waals surface area (Å²) in [5, 5.41) is 8.18. The Balaban J connectivity index is 4.70. The second-order valence-electron chi connectivity index (χ2n) is 2.45. The number of carbonyl (C=O) groups excluding carboxylic acids is 1. The molecule has 88 valence electrons. The van der Waals surface area contributed by atoms with Gasteiger partial charge in [0, 0.05) is 0 Å². The zero-order chi connectivity index (χ0) is 12.2. The van der Waals surface area contributed by atoms with E-state index in [0.29, 0.717) is 0 Å². The van der Waals surface area contributed by atoms with Crippen LogP contribution in [0.1, 0.15) is 0 Å². The number of rotatable bonds is 4. The number of carboxylic acids is 1. The lowest BCUT2D eigenvalue weighted by molar-refractivity contribution is -0.185. The first kappa shape index (κ1) is 13.9. The molecule has 0 fully saturated rings. The molecule has 0 aliphatic carbocycles. The van der Waals surface area contributed by atoms with Gasteiger partial charge in [-0.05, 0) is 0 Å². The molecule has 0 aromatic rings. The highest BCUT2D eigenvalue weighted by Crippen LogP contribution is 2.22. The molecule has 6 nitrogen and oxygen atoms in total. The smallest absolute Gasteiger partial charge is 0.471 e. The van der Waals surface area contributed by atoms with E-state index in [-0.39, 0.29) is 4.90 Å². The average Bonchev–Trinajstić information content (AvgIpc) is 1.98. The number of amides is 1. The molecule has 0 bridgehead atoms. The normalized spacial score (nSPS) is 13.3. The summed E-state index contributed by atoms with van der Waals surface area (Å²) in [6.07, 6.45) is -6.39. The Labute approximate surface area is 82.2 Å². The average molecular weight is 249 g/mol. The molecule has 0 aliphatic heterocycles. The molecule has 1 amide bonds. The molecule has 0 heterocycles. The molecule has 0 saturated heterocycles. The van der Waals surface area contributed by atoms with Gasteiger partial charge < -0.3 is 14.9 Å². The van der Waals surface area contributed by atoms with Crippen molar-refractivity contribution < 1.29 is 37.3 Å². The molecule has 0 aliphatic rings. The van der Waals surface area contributed by atoms with E-state index in [4.69, 9.17) is 10.00 Å². The van der Waals surface area contributed by atoms with Crippen LogP contribution in [0.4, 0.5) is 13.2 Å². The third-order valence-corrected chi connectivity index (χ3v) is 1.83. The topological polar surface area (TPSA) is 94.9 Å². The van der Waals surface area contributed by atoms with Gasteiger partial charge in [0.2, 0.25) is 8.03 Å². The van der Waals surface area contributed by atoms with Crippen molar-refractivity contribution in [3.05, 3.63) is 0 Å². The number of aliphatic carboxylic acids is 1. The molecule has 0 saturated carbocycles. The monoisotopic (exact) mass is 249 g/mol. The van der Waals surface area contributed by atoms with Crippen molar-refractivity contribution in [1.29, 1.82) is 0 Å². The summed E-state index contributed by atoms with van der Waals surface area (Å²) < 4.78 is 45.8. The number of carboxylic acid groups (broad SMARTS) is 1. The summed E-state index contributed by atoms with van der Waals surface area (Å²) in [6.45, 7) is -1.27. The zero-order valence-electron chi connectivity index (χ0n) is 7.11. The number of hydrogen-bond acceptors (Lipinski definition) is 3. The van der Waals surface area contributed by atoms with Crippen molar-refractivity contribution in [1.82, 2.24) is 4.90 Å². The minimum absolute atomic E-state index is 0.233. The predicted octanol–water partition coefficient (Wildman–Crippen LogP) is -0.114. The van der Waals surface area contributed by atoms with E-state index in [9.17, 15) is 27.3 Å². The standard InChI is InChI=1S/C5H7F3NO5P/c6-5(7,8)4(12)9(1-3(10)11)2-15(13)14/h15H,1-2H2,(H,10,11)(H,13,14). The van der Waals surface area contributed by atoms with Crippen molar-refractivity contribution >= 4 is 19.9 Å².